The van der Waals surface area contributed by atoms with Gasteiger partial charge < -0.3 is 4.90 Å². The van der Waals surface area contributed by atoms with Gasteiger partial charge in [0.25, 0.3) is 0 Å². The van der Waals surface area contributed by atoms with Gasteiger partial charge >= 0.3 is 0 Å². The van der Waals surface area contributed by atoms with Crippen LogP contribution in [0.15, 0.2) is 24.3 Å². The number of benzene rings is 1. The maximum absolute atomic E-state index is 2.47. The molecule has 1 nitrogen and oxygen atoms in total. The fourth-order valence-corrected chi connectivity index (χ4v) is 1.92. The van der Waals surface area contributed by atoms with E-state index >= 15 is 0 Å². The van der Waals surface area contributed by atoms with Gasteiger partial charge in [-0.1, -0.05) is 32.9 Å². The van der Waals surface area contributed by atoms with Crippen molar-refractivity contribution in [1.82, 2.24) is 0 Å². The van der Waals surface area contributed by atoms with E-state index in [0.717, 1.165) is 6.42 Å². The lowest BCUT2D eigenvalue weighted by Crippen LogP contribution is -2.17. The molecule has 15 heavy (non-hydrogen) atoms. The molecule has 1 aliphatic rings. The largest absolute Gasteiger partial charge is 0.372 e. The van der Waals surface area contributed by atoms with Crippen molar-refractivity contribution in [3.63, 3.8) is 0 Å². The van der Waals surface area contributed by atoms with Crippen molar-refractivity contribution < 1.29 is 0 Å². The third-order valence-electron chi connectivity index (χ3n) is 2.82. The average molecular weight is 205 g/mol. The third-order valence-corrected chi connectivity index (χ3v) is 2.82. The summed E-state index contributed by atoms with van der Waals surface area (Å²) in [6.07, 6.45) is 3.85. The zero-order chi connectivity index (χ0) is 11.1. The Morgan fingerprint density at radius 1 is 1.00 bits per heavy atom. The first kappa shape index (κ1) is 12.1. The van der Waals surface area contributed by atoms with Crippen LogP contribution in [0.1, 0.15) is 39.2 Å². The van der Waals surface area contributed by atoms with Crippen LogP contribution in [-0.4, -0.2) is 13.1 Å². The summed E-state index contributed by atoms with van der Waals surface area (Å²) in [4.78, 5) is 2.47. The lowest BCUT2D eigenvalue weighted by Gasteiger charge is -2.17. The van der Waals surface area contributed by atoms with Crippen LogP contribution >= 0.6 is 0 Å². The lowest BCUT2D eigenvalue weighted by atomic mass is 10.1. The first-order chi connectivity index (χ1) is 7.40. The zero-order valence-corrected chi connectivity index (χ0v) is 10.3. The Labute approximate surface area is 94.1 Å². The molecule has 0 bridgehead atoms. The summed E-state index contributed by atoms with van der Waals surface area (Å²) in [6, 6.07) is 9.00. The fourth-order valence-electron chi connectivity index (χ4n) is 1.92. The lowest BCUT2D eigenvalue weighted by molar-refractivity contribution is 0.949. The molecule has 1 aliphatic heterocycles. The Morgan fingerprint density at radius 2 is 1.53 bits per heavy atom. The summed E-state index contributed by atoms with van der Waals surface area (Å²) in [7, 11) is 0. The van der Waals surface area contributed by atoms with Gasteiger partial charge in [0, 0.05) is 18.8 Å². The number of aryl methyl sites for hydroxylation is 1. The van der Waals surface area contributed by atoms with Crippen LogP contribution in [0.3, 0.4) is 0 Å². The van der Waals surface area contributed by atoms with Gasteiger partial charge in [-0.3, -0.25) is 0 Å². The molecule has 0 spiro atoms. The molecule has 1 heteroatoms. The highest BCUT2D eigenvalue weighted by Crippen LogP contribution is 2.20. The highest BCUT2D eigenvalue weighted by atomic mass is 15.1. The molecule has 1 aromatic carbocycles. The van der Waals surface area contributed by atoms with Crippen molar-refractivity contribution >= 4 is 5.69 Å². The molecule has 0 unspecified atom stereocenters. The van der Waals surface area contributed by atoms with Crippen molar-refractivity contribution in [1.29, 1.82) is 0 Å². The van der Waals surface area contributed by atoms with Crippen molar-refractivity contribution in [3.8, 4) is 0 Å². The van der Waals surface area contributed by atoms with Gasteiger partial charge in [-0.2, -0.15) is 0 Å². The minimum atomic E-state index is 1.14. The van der Waals surface area contributed by atoms with Crippen LogP contribution in [0.25, 0.3) is 0 Å². The molecule has 1 saturated heterocycles. The second-order valence-corrected chi connectivity index (χ2v) is 3.71. The minimum Gasteiger partial charge on any atom is -0.372 e. The molecule has 1 fully saturated rings. The number of nitrogens with zero attached hydrogens (tertiary/aromatic N) is 1. The van der Waals surface area contributed by atoms with Crippen LogP contribution in [-0.2, 0) is 6.42 Å². The van der Waals surface area contributed by atoms with E-state index in [1.54, 1.807) is 0 Å². The molecule has 1 heterocycles. The van der Waals surface area contributed by atoms with Crippen LogP contribution in [0.4, 0.5) is 5.69 Å². The van der Waals surface area contributed by atoms with E-state index in [1.165, 1.54) is 37.2 Å². The zero-order valence-electron chi connectivity index (χ0n) is 10.3. The predicted octanol–water partition coefficient (Wildman–Crippen LogP) is 3.88. The van der Waals surface area contributed by atoms with Crippen molar-refractivity contribution in [2.24, 2.45) is 0 Å². The summed E-state index contributed by atoms with van der Waals surface area (Å²) >= 11 is 0. The maximum atomic E-state index is 2.47. The maximum Gasteiger partial charge on any atom is 0.0366 e. The Bertz CT molecular complexity index is 257. The van der Waals surface area contributed by atoms with Gasteiger partial charge in [0.1, 0.15) is 0 Å². The summed E-state index contributed by atoms with van der Waals surface area (Å²) in [5.41, 5.74) is 2.83. The van der Waals surface area contributed by atoms with Gasteiger partial charge in [-0.15, -0.1) is 0 Å². The highest BCUT2D eigenvalue weighted by molar-refractivity contribution is 5.48. The number of hydrogen-bond donors (Lipinski definition) is 0. The summed E-state index contributed by atoms with van der Waals surface area (Å²) < 4.78 is 0. The van der Waals surface area contributed by atoms with Crippen LogP contribution < -0.4 is 4.90 Å². The Hall–Kier alpha value is -0.980. The van der Waals surface area contributed by atoms with E-state index in [2.05, 4.69) is 36.1 Å². The second kappa shape index (κ2) is 6.49. The molecule has 1 aromatic rings. The van der Waals surface area contributed by atoms with Crippen molar-refractivity contribution in [2.75, 3.05) is 18.0 Å². The Morgan fingerprint density at radius 3 is 2.00 bits per heavy atom. The number of rotatable bonds is 2. The van der Waals surface area contributed by atoms with E-state index in [1.807, 2.05) is 13.8 Å². The second-order valence-electron chi connectivity index (χ2n) is 3.71. The first-order valence-corrected chi connectivity index (χ1v) is 6.24. The van der Waals surface area contributed by atoms with Crippen LogP contribution in [0.2, 0.25) is 0 Å². The molecular weight excluding hydrogens is 182 g/mol. The summed E-state index contributed by atoms with van der Waals surface area (Å²) in [6.45, 7) is 8.68. The van der Waals surface area contributed by atoms with Crippen LogP contribution in [0.5, 0.6) is 0 Å². The SMILES string of the molecule is CC.CCc1ccc(N2CCCC2)cc1. The predicted molar refractivity (Wildman–Crippen MR) is 68.6 cm³/mol. The van der Waals surface area contributed by atoms with E-state index in [-0.39, 0.29) is 0 Å². The Balaban J connectivity index is 0.000000531. The van der Waals surface area contributed by atoms with E-state index in [4.69, 9.17) is 0 Å². The number of anilines is 1. The van der Waals surface area contributed by atoms with Crippen molar-refractivity contribution in [2.45, 2.75) is 40.0 Å². The number of hydrogen-bond acceptors (Lipinski definition) is 1. The van der Waals surface area contributed by atoms with E-state index < -0.39 is 0 Å². The van der Waals surface area contributed by atoms with Crippen molar-refractivity contribution in [3.05, 3.63) is 29.8 Å². The molecule has 0 N–H and O–H groups in total. The van der Waals surface area contributed by atoms with Gasteiger partial charge in [0.05, 0.1) is 0 Å². The van der Waals surface area contributed by atoms with Gasteiger partial charge in [0.15, 0.2) is 0 Å². The van der Waals surface area contributed by atoms with E-state index in [9.17, 15) is 0 Å². The topological polar surface area (TPSA) is 3.24 Å². The molecule has 0 aliphatic carbocycles. The average Bonchev–Trinajstić information content (AvgIpc) is 2.85. The highest BCUT2D eigenvalue weighted by Gasteiger charge is 2.11. The van der Waals surface area contributed by atoms with Gasteiger partial charge in [-0.25, -0.2) is 0 Å². The summed E-state index contributed by atoms with van der Waals surface area (Å²) in [5.74, 6) is 0. The molecule has 0 aromatic heterocycles. The van der Waals surface area contributed by atoms with Gasteiger partial charge in [-0.05, 0) is 37.0 Å². The van der Waals surface area contributed by atoms with Crippen LogP contribution in [0, 0.1) is 0 Å². The smallest absolute Gasteiger partial charge is 0.0366 e. The first-order valence-electron chi connectivity index (χ1n) is 6.24. The molecule has 2 rings (SSSR count). The molecule has 0 atom stereocenters. The quantitative estimate of drug-likeness (QED) is 0.708. The molecule has 84 valence electrons. The minimum absolute atomic E-state index is 1.14. The fraction of sp³-hybridized carbons (Fsp3) is 0.571. The third kappa shape index (κ3) is 3.26. The molecular formula is C14H23N. The molecule has 0 radical (unpaired) electrons. The normalized spacial score (nSPS) is 14.7. The summed E-state index contributed by atoms with van der Waals surface area (Å²) in [5, 5.41) is 0. The molecule has 0 saturated carbocycles. The monoisotopic (exact) mass is 205 g/mol. The van der Waals surface area contributed by atoms with E-state index in [0.29, 0.717) is 0 Å². The van der Waals surface area contributed by atoms with Gasteiger partial charge in [0.2, 0.25) is 0 Å². The molecule has 0 amide bonds. The standard InChI is InChI=1S/C12H17N.C2H6/c1-2-11-5-7-12(8-6-11)13-9-3-4-10-13;1-2/h5-8H,2-4,9-10H2,1H3;1-2H3. The Kier molecular flexibility index (Phi) is 5.23.